The number of benzene rings is 1. The number of alkyl halides is 10. The van der Waals surface area contributed by atoms with Crippen LogP contribution < -0.4 is 10.5 Å². The molecule has 1 atom stereocenters. The standard InChI is InChI=1S/C10H4BrClF9NO/c11-8(14,15)7(13,9(16,17)18)3-1-4(12)6(22)5(2-3)23-10(19,20)21/h1-2H,22H2. The van der Waals surface area contributed by atoms with Crippen molar-refractivity contribution in [3.63, 3.8) is 0 Å². The minimum absolute atomic E-state index is 0.0305. The summed E-state index contributed by atoms with van der Waals surface area (Å²) >= 11 is 6.52. The molecular formula is C10H4BrClF9NO. The first-order valence-corrected chi connectivity index (χ1v) is 6.35. The predicted octanol–water partition coefficient (Wildman–Crippen LogP) is 5.54. The Labute approximate surface area is 135 Å². The molecule has 1 aromatic rings. The van der Waals surface area contributed by atoms with Crippen molar-refractivity contribution in [2.24, 2.45) is 0 Å². The Morgan fingerprint density at radius 1 is 0.957 bits per heavy atom. The largest absolute Gasteiger partial charge is 0.573 e. The van der Waals surface area contributed by atoms with Gasteiger partial charge in [-0.1, -0.05) is 11.6 Å². The summed E-state index contributed by atoms with van der Waals surface area (Å²) in [6, 6.07) is -0.222. The molecule has 0 aliphatic carbocycles. The summed E-state index contributed by atoms with van der Waals surface area (Å²) in [7, 11) is 0. The van der Waals surface area contributed by atoms with Gasteiger partial charge in [-0.3, -0.25) is 0 Å². The Hall–Kier alpha value is -1.04. The molecule has 0 spiro atoms. The van der Waals surface area contributed by atoms with E-state index in [0.29, 0.717) is 0 Å². The average molecular weight is 440 g/mol. The van der Waals surface area contributed by atoms with E-state index in [1.165, 1.54) is 15.9 Å². The molecule has 1 rings (SSSR count). The molecule has 0 radical (unpaired) electrons. The van der Waals surface area contributed by atoms with E-state index in [4.69, 9.17) is 17.3 Å². The number of anilines is 1. The molecule has 1 unspecified atom stereocenters. The molecule has 23 heavy (non-hydrogen) atoms. The first-order chi connectivity index (χ1) is 10.0. The summed E-state index contributed by atoms with van der Waals surface area (Å²) in [6.07, 6.45) is -11.6. The van der Waals surface area contributed by atoms with Crippen LogP contribution in [0.25, 0.3) is 0 Å². The van der Waals surface area contributed by atoms with Crippen LogP contribution in [0.1, 0.15) is 5.56 Å². The Morgan fingerprint density at radius 2 is 1.43 bits per heavy atom. The maximum atomic E-state index is 14.1. The van der Waals surface area contributed by atoms with Gasteiger partial charge in [-0.25, -0.2) is 4.39 Å². The highest BCUT2D eigenvalue weighted by Crippen LogP contribution is 2.56. The van der Waals surface area contributed by atoms with Crippen LogP contribution in [0.3, 0.4) is 0 Å². The highest BCUT2D eigenvalue weighted by Gasteiger charge is 2.71. The summed E-state index contributed by atoms with van der Waals surface area (Å²) in [6.45, 7) is 0. The number of ether oxygens (including phenoxy) is 1. The molecule has 0 saturated carbocycles. The molecular weight excluding hydrogens is 436 g/mol. The third-order valence-corrected chi connectivity index (χ3v) is 3.36. The van der Waals surface area contributed by atoms with E-state index in [9.17, 15) is 39.5 Å². The molecule has 0 aromatic heterocycles. The first kappa shape index (κ1) is 20.0. The fourth-order valence-corrected chi connectivity index (χ4v) is 2.15. The molecule has 2 N–H and O–H groups in total. The third-order valence-electron chi connectivity index (χ3n) is 2.50. The lowest BCUT2D eigenvalue weighted by Gasteiger charge is -2.32. The van der Waals surface area contributed by atoms with Crippen LogP contribution in [0.4, 0.5) is 45.2 Å². The van der Waals surface area contributed by atoms with Crippen molar-refractivity contribution in [3.05, 3.63) is 22.7 Å². The Morgan fingerprint density at radius 3 is 1.78 bits per heavy atom. The molecule has 13 heteroatoms. The van der Waals surface area contributed by atoms with E-state index in [-0.39, 0.29) is 12.1 Å². The zero-order chi connectivity index (χ0) is 18.4. The Balaban J connectivity index is 3.64. The second-order valence-corrected chi connectivity index (χ2v) is 5.47. The maximum Gasteiger partial charge on any atom is 0.573 e. The molecule has 0 aliphatic heterocycles. The van der Waals surface area contributed by atoms with Gasteiger partial charge in [-0.15, -0.1) is 13.2 Å². The summed E-state index contributed by atoms with van der Waals surface area (Å²) in [5.74, 6) is -1.55. The van der Waals surface area contributed by atoms with Gasteiger partial charge in [0.15, 0.2) is 5.75 Å². The van der Waals surface area contributed by atoms with Crippen LogP contribution in [0, 0.1) is 0 Å². The lowest BCUT2D eigenvalue weighted by Crippen LogP contribution is -2.49. The van der Waals surface area contributed by atoms with Crippen molar-refractivity contribution >= 4 is 33.2 Å². The maximum absolute atomic E-state index is 14.1. The molecule has 1 aromatic carbocycles. The van der Waals surface area contributed by atoms with E-state index >= 15 is 0 Å². The molecule has 0 bridgehead atoms. The van der Waals surface area contributed by atoms with Gasteiger partial charge in [0, 0.05) is 5.56 Å². The summed E-state index contributed by atoms with van der Waals surface area (Å²) in [5, 5.41) is -1.04. The monoisotopic (exact) mass is 439 g/mol. The minimum atomic E-state index is -6.20. The van der Waals surface area contributed by atoms with Crippen molar-refractivity contribution in [1.29, 1.82) is 0 Å². The van der Waals surface area contributed by atoms with E-state index < -0.39 is 45.1 Å². The van der Waals surface area contributed by atoms with Crippen molar-refractivity contribution in [2.45, 2.75) is 23.0 Å². The number of hydrogen-bond acceptors (Lipinski definition) is 2. The first-order valence-electron chi connectivity index (χ1n) is 5.18. The van der Waals surface area contributed by atoms with Gasteiger partial charge in [0.2, 0.25) is 0 Å². The van der Waals surface area contributed by atoms with E-state index in [1.807, 2.05) is 0 Å². The molecule has 0 fully saturated rings. The SMILES string of the molecule is Nc1c(Cl)cc(C(F)(C(F)(F)F)C(F)(F)Br)cc1OC(F)(F)F. The van der Waals surface area contributed by atoms with Gasteiger partial charge in [0.05, 0.1) is 10.7 Å². The number of hydrogen-bond donors (Lipinski definition) is 1. The van der Waals surface area contributed by atoms with Crippen LogP contribution in [-0.2, 0) is 5.67 Å². The Bertz CT molecular complexity index is 582. The molecule has 0 saturated heterocycles. The van der Waals surface area contributed by atoms with Crippen molar-refractivity contribution in [2.75, 3.05) is 5.73 Å². The minimum Gasteiger partial charge on any atom is -0.404 e. The summed E-state index contributed by atoms with van der Waals surface area (Å²) in [4.78, 5) is -5.22. The van der Waals surface area contributed by atoms with E-state index in [0.717, 1.165) is 0 Å². The van der Waals surface area contributed by atoms with Gasteiger partial charge in [-0.05, 0) is 28.1 Å². The number of rotatable bonds is 3. The molecule has 0 heterocycles. The van der Waals surface area contributed by atoms with E-state index in [1.54, 1.807) is 0 Å². The lowest BCUT2D eigenvalue weighted by molar-refractivity contribution is -0.282. The zero-order valence-electron chi connectivity index (χ0n) is 10.3. The molecule has 0 aliphatic rings. The van der Waals surface area contributed by atoms with Crippen LogP contribution in [0.15, 0.2) is 12.1 Å². The normalized spacial score (nSPS) is 16.1. The fraction of sp³-hybridized carbons (Fsp3) is 0.400. The lowest BCUT2D eigenvalue weighted by atomic mass is 9.94. The van der Waals surface area contributed by atoms with Gasteiger partial charge in [0.1, 0.15) is 0 Å². The van der Waals surface area contributed by atoms with Crippen LogP contribution >= 0.6 is 27.5 Å². The topological polar surface area (TPSA) is 35.2 Å². The molecule has 2 nitrogen and oxygen atoms in total. The zero-order valence-corrected chi connectivity index (χ0v) is 12.6. The van der Waals surface area contributed by atoms with Crippen molar-refractivity contribution < 1.29 is 44.3 Å². The summed E-state index contributed by atoms with van der Waals surface area (Å²) < 4.78 is 118. The van der Waals surface area contributed by atoms with Crippen molar-refractivity contribution in [3.8, 4) is 5.75 Å². The highest BCUT2D eigenvalue weighted by molar-refractivity contribution is 9.10. The second-order valence-electron chi connectivity index (χ2n) is 4.07. The smallest absolute Gasteiger partial charge is 0.404 e. The Kier molecular flexibility index (Phi) is 5.04. The van der Waals surface area contributed by atoms with Gasteiger partial charge in [-0.2, -0.15) is 22.0 Å². The van der Waals surface area contributed by atoms with Crippen molar-refractivity contribution in [1.82, 2.24) is 0 Å². The summed E-state index contributed by atoms with van der Waals surface area (Å²) in [5.41, 5.74) is -3.26. The van der Waals surface area contributed by atoms with Gasteiger partial charge >= 0.3 is 23.0 Å². The molecule has 0 amide bonds. The van der Waals surface area contributed by atoms with Gasteiger partial charge in [0.25, 0.3) is 0 Å². The highest BCUT2D eigenvalue weighted by atomic mass is 79.9. The average Bonchev–Trinajstić information content (AvgIpc) is 2.29. The fourth-order valence-electron chi connectivity index (χ4n) is 1.49. The van der Waals surface area contributed by atoms with Gasteiger partial charge < -0.3 is 10.5 Å². The second kappa shape index (κ2) is 5.80. The third kappa shape index (κ3) is 3.90. The number of nitrogen functional groups attached to an aromatic ring is 1. The van der Waals surface area contributed by atoms with Crippen LogP contribution in [-0.4, -0.2) is 17.4 Å². The molecule has 132 valence electrons. The number of halogens is 11. The van der Waals surface area contributed by atoms with Crippen LogP contribution in [0.2, 0.25) is 5.02 Å². The van der Waals surface area contributed by atoms with E-state index in [2.05, 4.69) is 4.74 Å². The predicted molar refractivity (Wildman–Crippen MR) is 65.3 cm³/mol. The quantitative estimate of drug-likeness (QED) is 0.381. The van der Waals surface area contributed by atoms with Crippen LogP contribution in [0.5, 0.6) is 5.75 Å². The number of nitrogens with two attached hydrogens (primary N) is 1.